The fourth-order valence-electron chi connectivity index (χ4n) is 1.38. The van der Waals surface area contributed by atoms with Crippen molar-refractivity contribution in [2.75, 3.05) is 7.11 Å². The largest absolute Gasteiger partial charge is 0.351 e. The molecule has 0 saturated carbocycles. The zero-order valence-corrected chi connectivity index (χ0v) is 17.0. The van der Waals surface area contributed by atoms with Gasteiger partial charge in [0.1, 0.15) is 0 Å². The summed E-state index contributed by atoms with van der Waals surface area (Å²) in [6.07, 6.45) is 1.30. The third kappa shape index (κ3) is 7.82. The van der Waals surface area contributed by atoms with E-state index in [0.717, 1.165) is 12.9 Å². The van der Waals surface area contributed by atoms with Crippen LogP contribution in [-0.2, 0) is 13.9 Å². The van der Waals surface area contributed by atoms with Crippen LogP contribution in [0.5, 0.6) is 0 Å². The van der Waals surface area contributed by atoms with Gasteiger partial charge >= 0.3 is 7.60 Å². The molecule has 5 nitrogen and oxygen atoms in total. The number of amides is 1. The molecule has 0 fully saturated rings. The summed E-state index contributed by atoms with van der Waals surface area (Å²) in [6, 6.07) is 7.95. The molecule has 0 aromatic heterocycles. The number of hydrogen-bond donors (Lipinski definition) is 2. The molecule has 0 aliphatic heterocycles. The van der Waals surface area contributed by atoms with Gasteiger partial charge in [-0.3, -0.25) is 9.36 Å². The summed E-state index contributed by atoms with van der Waals surface area (Å²) < 4.78 is 13.8. The van der Waals surface area contributed by atoms with Gasteiger partial charge in [0.25, 0.3) is 9.70 Å². The number of carbonyl (C=O) groups excluding carboxylic acids is 1. The number of hydrogen-bond acceptors (Lipinski definition) is 3. The summed E-state index contributed by atoms with van der Waals surface area (Å²) >= 11 is 16.5. The minimum absolute atomic E-state index is 0. The van der Waals surface area contributed by atoms with Crippen LogP contribution in [0, 0.1) is 0 Å². The number of rotatable bonds is 5. The van der Waals surface area contributed by atoms with Gasteiger partial charge in [-0.1, -0.05) is 65.1 Å². The summed E-state index contributed by atoms with van der Waals surface area (Å²) in [6.45, 7) is 0. The molecule has 1 rings (SSSR count). The Morgan fingerprint density at radius 1 is 1.36 bits per heavy atom. The third-order valence-corrected chi connectivity index (χ3v) is 4.02. The molecule has 117 valence electrons. The number of nitrogens with one attached hydrogen (secondary N) is 1. The second kappa shape index (κ2) is 9.67. The number of halogens is 3. The van der Waals surface area contributed by atoms with Crippen molar-refractivity contribution in [1.82, 2.24) is 5.32 Å². The number of benzene rings is 1. The Labute approximate surface area is 165 Å². The second-order valence-corrected chi connectivity index (χ2v) is 8.02. The van der Waals surface area contributed by atoms with E-state index in [1.54, 1.807) is 30.3 Å². The molecule has 2 atom stereocenters. The molecule has 0 bridgehead atoms. The first-order chi connectivity index (χ1) is 9.65. The Kier molecular flexibility index (Phi) is 9.87. The number of carbonyl (C=O) groups is 1. The molecule has 0 saturated heterocycles. The molecule has 0 spiro atoms. The summed E-state index contributed by atoms with van der Waals surface area (Å²) in [4.78, 5) is 21.1. The van der Waals surface area contributed by atoms with E-state index in [2.05, 4.69) is 9.84 Å². The Morgan fingerprint density at radius 3 is 2.36 bits per heavy atom. The first-order valence-corrected chi connectivity index (χ1v) is 8.44. The Bertz CT molecular complexity index is 565. The van der Waals surface area contributed by atoms with E-state index in [1.807, 2.05) is 0 Å². The maximum Gasteiger partial charge on any atom is 0.351 e. The summed E-state index contributed by atoms with van der Waals surface area (Å²) in [5.74, 6) is 0.111. The Balaban J connectivity index is 0.00000441. The molecule has 1 aromatic rings. The quantitative estimate of drug-likeness (QED) is 0.456. The third-order valence-electron chi connectivity index (χ3n) is 2.43. The Morgan fingerprint density at radius 2 is 1.91 bits per heavy atom. The van der Waals surface area contributed by atoms with Crippen molar-refractivity contribution in [3.05, 3.63) is 47.8 Å². The number of alkyl halides is 3. The predicted molar refractivity (Wildman–Crippen MR) is 89.3 cm³/mol. The topological polar surface area (TPSA) is 75.6 Å². The maximum absolute atomic E-state index is 11.7. The summed E-state index contributed by atoms with van der Waals surface area (Å²) in [5.41, 5.74) is 0.646. The van der Waals surface area contributed by atoms with Crippen LogP contribution in [0.3, 0.4) is 0 Å². The van der Waals surface area contributed by atoms with Crippen LogP contribution in [0.4, 0.5) is 0 Å². The van der Waals surface area contributed by atoms with Crippen molar-refractivity contribution in [1.29, 1.82) is 0 Å². The molecule has 2 unspecified atom stereocenters. The molecule has 22 heavy (non-hydrogen) atoms. The average Bonchev–Trinajstić information content (AvgIpc) is 2.43. The SMILES string of the molecule is COP(=O)(O)/C=C/C(NC(=O)C(Cl)(Cl)Cl)c1ccccc1.[Na]. The van der Waals surface area contributed by atoms with Crippen LogP contribution in [0.1, 0.15) is 11.6 Å². The molecule has 0 aliphatic rings. The second-order valence-electron chi connectivity index (χ2n) is 3.95. The molecule has 1 aromatic carbocycles. The van der Waals surface area contributed by atoms with E-state index in [9.17, 15) is 14.3 Å². The predicted octanol–water partition coefficient (Wildman–Crippen LogP) is 3.18. The minimum atomic E-state index is -3.86. The molecule has 2 N–H and O–H groups in total. The van der Waals surface area contributed by atoms with E-state index in [1.165, 1.54) is 6.08 Å². The summed E-state index contributed by atoms with van der Waals surface area (Å²) in [5, 5.41) is 2.46. The smallest absolute Gasteiger partial charge is 0.342 e. The molecule has 10 heteroatoms. The van der Waals surface area contributed by atoms with Crippen molar-refractivity contribution < 1.29 is 18.8 Å². The Hall–Kier alpha value is 0.450. The molecule has 1 amide bonds. The van der Waals surface area contributed by atoms with Gasteiger partial charge in [0.05, 0.1) is 6.04 Å². The van der Waals surface area contributed by atoms with Gasteiger partial charge in [0.15, 0.2) is 0 Å². The van der Waals surface area contributed by atoms with Gasteiger partial charge < -0.3 is 14.7 Å². The van der Waals surface area contributed by atoms with Gasteiger partial charge in [-0.25, -0.2) is 0 Å². The van der Waals surface area contributed by atoms with Crippen LogP contribution in [0.15, 0.2) is 42.2 Å². The normalized spacial score (nSPS) is 15.7. The van der Waals surface area contributed by atoms with Gasteiger partial charge in [-0.2, -0.15) is 0 Å². The maximum atomic E-state index is 11.7. The first kappa shape index (κ1) is 22.4. The van der Waals surface area contributed by atoms with Crippen molar-refractivity contribution >= 4 is 77.9 Å². The molecular weight excluding hydrogens is 382 g/mol. The fraction of sp³-hybridized carbons (Fsp3) is 0.250. The molecule has 1 radical (unpaired) electrons. The molecule has 0 aliphatic carbocycles. The fourth-order valence-corrected chi connectivity index (χ4v) is 2.06. The van der Waals surface area contributed by atoms with E-state index >= 15 is 0 Å². The van der Waals surface area contributed by atoms with E-state index in [4.69, 9.17) is 34.8 Å². The molecular formula is C12H13Cl3NNaO4P. The monoisotopic (exact) mass is 394 g/mol. The zero-order chi connectivity index (χ0) is 16.1. The summed E-state index contributed by atoms with van der Waals surface area (Å²) in [7, 11) is -2.76. The average molecular weight is 396 g/mol. The van der Waals surface area contributed by atoms with Gasteiger partial charge in [-0.15, -0.1) is 0 Å². The minimum Gasteiger partial charge on any atom is -0.342 e. The van der Waals surface area contributed by atoms with Crippen LogP contribution in [0.25, 0.3) is 0 Å². The van der Waals surface area contributed by atoms with Crippen molar-refractivity contribution in [3.8, 4) is 0 Å². The van der Waals surface area contributed by atoms with Gasteiger partial charge in [0, 0.05) is 42.5 Å². The van der Waals surface area contributed by atoms with E-state index in [0.29, 0.717) is 5.56 Å². The van der Waals surface area contributed by atoms with Gasteiger partial charge in [-0.05, 0) is 11.6 Å². The van der Waals surface area contributed by atoms with Crippen molar-refractivity contribution in [2.24, 2.45) is 0 Å². The van der Waals surface area contributed by atoms with Gasteiger partial charge in [0.2, 0.25) is 0 Å². The van der Waals surface area contributed by atoms with Crippen LogP contribution in [0.2, 0.25) is 0 Å². The standard InChI is InChI=1S/C12H13Cl3NO4P.Na/c1-20-21(18,19)8-7-10(9-5-3-2-4-6-9)16-11(17)12(13,14)15;/h2-8,10H,1H3,(H,16,17)(H,18,19);/b8-7+;. The first-order valence-electron chi connectivity index (χ1n) is 5.66. The van der Waals surface area contributed by atoms with Crippen LogP contribution in [-0.4, -0.2) is 51.3 Å². The molecule has 0 heterocycles. The zero-order valence-electron chi connectivity index (χ0n) is 11.9. The van der Waals surface area contributed by atoms with E-state index < -0.39 is 23.3 Å². The van der Waals surface area contributed by atoms with Crippen molar-refractivity contribution in [3.63, 3.8) is 0 Å². The van der Waals surface area contributed by atoms with E-state index in [-0.39, 0.29) is 29.6 Å². The van der Waals surface area contributed by atoms with Crippen LogP contribution >= 0.6 is 42.4 Å². The van der Waals surface area contributed by atoms with Crippen molar-refractivity contribution in [2.45, 2.75) is 9.83 Å². The van der Waals surface area contributed by atoms with Crippen LogP contribution < -0.4 is 5.32 Å².